The molecule has 1 saturated heterocycles. The highest BCUT2D eigenvalue weighted by Crippen LogP contribution is 2.27. The van der Waals surface area contributed by atoms with Gasteiger partial charge in [-0.25, -0.2) is 0 Å². The van der Waals surface area contributed by atoms with E-state index in [1.807, 2.05) is 0 Å². The SMILES string of the molecule is CC(C)(C)NCCCCCCN1CCN(C2CC2)CC1. The Morgan fingerprint density at radius 3 is 2.15 bits per heavy atom. The minimum atomic E-state index is 0.279. The number of piperazine rings is 1. The van der Waals surface area contributed by atoms with E-state index in [2.05, 4.69) is 35.9 Å². The summed E-state index contributed by atoms with van der Waals surface area (Å²) in [6, 6.07) is 0.965. The Kier molecular flexibility index (Phi) is 6.31. The number of hydrogen-bond donors (Lipinski definition) is 1. The van der Waals surface area contributed by atoms with Gasteiger partial charge in [0.2, 0.25) is 0 Å². The molecule has 2 aliphatic rings. The highest BCUT2D eigenvalue weighted by atomic mass is 15.3. The van der Waals surface area contributed by atoms with Crippen molar-refractivity contribution in [3.05, 3.63) is 0 Å². The van der Waals surface area contributed by atoms with Gasteiger partial charge in [0.05, 0.1) is 0 Å². The highest BCUT2D eigenvalue weighted by Gasteiger charge is 2.30. The molecule has 0 aromatic heterocycles. The summed E-state index contributed by atoms with van der Waals surface area (Å²) in [5.41, 5.74) is 0.279. The molecule has 2 rings (SSSR count). The van der Waals surface area contributed by atoms with Crippen LogP contribution in [0.4, 0.5) is 0 Å². The quantitative estimate of drug-likeness (QED) is 0.690. The third-order valence-corrected chi connectivity index (χ3v) is 4.53. The number of hydrogen-bond acceptors (Lipinski definition) is 3. The minimum absolute atomic E-state index is 0.279. The van der Waals surface area contributed by atoms with Gasteiger partial charge in [-0.1, -0.05) is 12.8 Å². The van der Waals surface area contributed by atoms with Crippen LogP contribution < -0.4 is 5.32 Å². The zero-order chi connectivity index (χ0) is 14.4. The molecule has 0 radical (unpaired) electrons. The third-order valence-electron chi connectivity index (χ3n) is 4.53. The largest absolute Gasteiger partial charge is 0.312 e. The Morgan fingerprint density at radius 1 is 0.900 bits per heavy atom. The fraction of sp³-hybridized carbons (Fsp3) is 1.00. The van der Waals surface area contributed by atoms with Gasteiger partial charge >= 0.3 is 0 Å². The summed E-state index contributed by atoms with van der Waals surface area (Å²) in [4.78, 5) is 5.38. The second-order valence-electron chi connectivity index (χ2n) is 7.70. The summed E-state index contributed by atoms with van der Waals surface area (Å²) in [6.07, 6.45) is 8.41. The molecule has 0 bridgehead atoms. The molecule has 3 heteroatoms. The van der Waals surface area contributed by atoms with E-state index in [0.717, 1.165) is 6.04 Å². The van der Waals surface area contributed by atoms with Crippen molar-refractivity contribution in [1.82, 2.24) is 15.1 Å². The molecule has 2 fully saturated rings. The third kappa shape index (κ3) is 6.55. The van der Waals surface area contributed by atoms with Crippen molar-refractivity contribution in [2.45, 2.75) is 70.9 Å². The molecule has 3 nitrogen and oxygen atoms in total. The Balaban J connectivity index is 1.40. The molecule has 0 aromatic rings. The van der Waals surface area contributed by atoms with Gasteiger partial charge in [0, 0.05) is 37.8 Å². The maximum absolute atomic E-state index is 3.57. The van der Waals surface area contributed by atoms with Crippen molar-refractivity contribution in [2.75, 3.05) is 39.3 Å². The zero-order valence-corrected chi connectivity index (χ0v) is 14.0. The highest BCUT2D eigenvalue weighted by molar-refractivity contribution is 4.87. The molecule has 20 heavy (non-hydrogen) atoms. The van der Waals surface area contributed by atoms with Gasteiger partial charge in [-0.05, 0) is 59.5 Å². The molecule has 1 aliphatic carbocycles. The van der Waals surface area contributed by atoms with Crippen LogP contribution in [0.1, 0.15) is 59.3 Å². The lowest BCUT2D eigenvalue weighted by Crippen LogP contribution is -2.47. The van der Waals surface area contributed by atoms with Crippen LogP contribution in [0.5, 0.6) is 0 Å². The summed E-state index contributed by atoms with van der Waals surface area (Å²) in [5.74, 6) is 0. The maximum Gasteiger partial charge on any atom is 0.0113 e. The van der Waals surface area contributed by atoms with Crippen LogP contribution >= 0.6 is 0 Å². The first-order valence-electron chi connectivity index (χ1n) is 8.76. The maximum atomic E-state index is 3.57. The average Bonchev–Trinajstić information content (AvgIpc) is 3.21. The summed E-state index contributed by atoms with van der Waals surface area (Å²) >= 11 is 0. The fourth-order valence-corrected chi connectivity index (χ4v) is 3.07. The molecule has 1 aliphatic heterocycles. The topological polar surface area (TPSA) is 18.5 Å². The molecule has 1 N–H and O–H groups in total. The van der Waals surface area contributed by atoms with Crippen LogP contribution in [0.15, 0.2) is 0 Å². The van der Waals surface area contributed by atoms with Crippen molar-refractivity contribution in [1.29, 1.82) is 0 Å². The number of nitrogens with one attached hydrogen (secondary N) is 1. The van der Waals surface area contributed by atoms with Gasteiger partial charge in [0.15, 0.2) is 0 Å². The van der Waals surface area contributed by atoms with Crippen molar-refractivity contribution in [3.8, 4) is 0 Å². The first kappa shape index (κ1) is 16.3. The molecule has 0 aromatic carbocycles. The van der Waals surface area contributed by atoms with E-state index < -0.39 is 0 Å². The molecular formula is C17H35N3. The van der Waals surface area contributed by atoms with E-state index in [0.29, 0.717) is 0 Å². The van der Waals surface area contributed by atoms with Gasteiger partial charge in [-0.15, -0.1) is 0 Å². The molecule has 1 heterocycles. The molecular weight excluding hydrogens is 246 g/mol. The first-order chi connectivity index (χ1) is 9.54. The van der Waals surface area contributed by atoms with E-state index in [4.69, 9.17) is 0 Å². The van der Waals surface area contributed by atoms with Crippen molar-refractivity contribution < 1.29 is 0 Å². The van der Waals surface area contributed by atoms with Crippen LogP contribution in [-0.4, -0.2) is 60.6 Å². The second-order valence-corrected chi connectivity index (χ2v) is 7.70. The number of unbranched alkanes of at least 4 members (excludes halogenated alkanes) is 3. The van der Waals surface area contributed by atoms with E-state index in [1.54, 1.807) is 0 Å². The molecule has 0 atom stereocenters. The molecule has 0 amide bonds. The van der Waals surface area contributed by atoms with Gasteiger partial charge in [-0.2, -0.15) is 0 Å². The molecule has 0 unspecified atom stereocenters. The summed E-state index contributed by atoms with van der Waals surface area (Å²) in [5, 5.41) is 3.57. The number of nitrogens with zero attached hydrogens (tertiary/aromatic N) is 2. The summed E-state index contributed by atoms with van der Waals surface area (Å²) < 4.78 is 0. The first-order valence-corrected chi connectivity index (χ1v) is 8.76. The fourth-order valence-electron chi connectivity index (χ4n) is 3.07. The standard InChI is InChI=1S/C17H35N3/c1-17(2,3)18-10-6-4-5-7-11-19-12-14-20(15-13-19)16-8-9-16/h16,18H,4-15H2,1-3H3. The molecule has 0 spiro atoms. The van der Waals surface area contributed by atoms with Gasteiger partial charge in [0.25, 0.3) is 0 Å². The predicted molar refractivity (Wildman–Crippen MR) is 87.3 cm³/mol. The lowest BCUT2D eigenvalue weighted by atomic mass is 10.1. The lowest BCUT2D eigenvalue weighted by molar-refractivity contribution is 0.125. The van der Waals surface area contributed by atoms with Crippen molar-refractivity contribution in [2.24, 2.45) is 0 Å². The monoisotopic (exact) mass is 281 g/mol. The van der Waals surface area contributed by atoms with Crippen LogP contribution in [0.3, 0.4) is 0 Å². The van der Waals surface area contributed by atoms with Crippen LogP contribution in [-0.2, 0) is 0 Å². The zero-order valence-electron chi connectivity index (χ0n) is 14.0. The average molecular weight is 281 g/mol. The van der Waals surface area contributed by atoms with Crippen LogP contribution in [0.2, 0.25) is 0 Å². The Hall–Kier alpha value is -0.120. The Labute approximate surface area is 126 Å². The van der Waals surface area contributed by atoms with E-state index >= 15 is 0 Å². The normalized spacial score (nSPS) is 22.4. The summed E-state index contributed by atoms with van der Waals surface area (Å²) in [7, 11) is 0. The van der Waals surface area contributed by atoms with Crippen LogP contribution in [0, 0.1) is 0 Å². The Morgan fingerprint density at radius 2 is 1.55 bits per heavy atom. The number of rotatable bonds is 8. The predicted octanol–water partition coefficient (Wildman–Crippen LogP) is 2.71. The Bertz CT molecular complexity index is 260. The smallest absolute Gasteiger partial charge is 0.0113 e. The lowest BCUT2D eigenvalue weighted by Gasteiger charge is -2.34. The molecule has 118 valence electrons. The van der Waals surface area contributed by atoms with Gasteiger partial charge in [-0.3, -0.25) is 4.90 Å². The van der Waals surface area contributed by atoms with Gasteiger partial charge < -0.3 is 10.2 Å². The summed E-state index contributed by atoms with van der Waals surface area (Å²) in [6.45, 7) is 14.5. The van der Waals surface area contributed by atoms with Crippen molar-refractivity contribution >= 4 is 0 Å². The molecule has 1 saturated carbocycles. The second kappa shape index (κ2) is 7.77. The van der Waals surface area contributed by atoms with E-state index in [9.17, 15) is 0 Å². The van der Waals surface area contributed by atoms with Crippen molar-refractivity contribution in [3.63, 3.8) is 0 Å². The van der Waals surface area contributed by atoms with Gasteiger partial charge in [0.1, 0.15) is 0 Å². The van der Waals surface area contributed by atoms with E-state index in [1.165, 1.54) is 77.8 Å². The van der Waals surface area contributed by atoms with Crippen LogP contribution in [0.25, 0.3) is 0 Å². The minimum Gasteiger partial charge on any atom is -0.312 e. The van der Waals surface area contributed by atoms with E-state index in [-0.39, 0.29) is 5.54 Å².